The molecule has 0 unspecified atom stereocenters. The number of hydrogen-bond acceptors (Lipinski definition) is 5. The molecular formula is C11H12F5N5O2S. The highest BCUT2D eigenvalue weighted by Gasteiger charge is 2.38. The van der Waals surface area contributed by atoms with E-state index in [9.17, 15) is 30.4 Å². The molecule has 0 aromatic carbocycles. The topological polar surface area (TPSA) is 82.7 Å². The first-order valence-corrected chi connectivity index (χ1v) is 8.19. The van der Waals surface area contributed by atoms with Crippen LogP contribution < -0.4 is 0 Å². The molecule has 0 bridgehead atoms. The quantitative estimate of drug-likeness (QED) is 0.744. The summed E-state index contributed by atoms with van der Waals surface area (Å²) in [6.45, 7) is 0. The van der Waals surface area contributed by atoms with Gasteiger partial charge in [0.25, 0.3) is 6.43 Å². The normalized spacial score (nSPS) is 13.0. The lowest BCUT2D eigenvalue weighted by molar-refractivity contribution is -0.141. The van der Waals surface area contributed by atoms with Gasteiger partial charge in [-0.3, -0.25) is 4.68 Å². The fourth-order valence-electron chi connectivity index (χ4n) is 2.16. The molecule has 2 aromatic heterocycles. The number of rotatable bonds is 5. The highest BCUT2D eigenvalue weighted by atomic mass is 32.2. The molecule has 0 amide bonds. The fourth-order valence-corrected chi connectivity index (χ4v) is 3.56. The highest BCUT2D eigenvalue weighted by molar-refractivity contribution is 7.89. The zero-order chi connectivity index (χ0) is 18.3. The molecule has 0 spiro atoms. The Bertz CT molecular complexity index is 840. The second-order valence-electron chi connectivity index (χ2n) is 5.05. The largest absolute Gasteiger partial charge is 0.435 e. The number of halogens is 5. The van der Waals surface area contributed by atoms with Gasteiger partial charge in [0.15, 0.2) is 15.5 Å². The van der Waals surface area contributed by atoms with Crippen LogP contribution in [-0.2, 0) is 41.6 Å². The monoisotopic (exact) mass is 373 g/mol. The van der Waals surface area contributed by atoms with E-state index in [0.717, 1.165) is 22.6 Å². The second-order valence-corrected chi connectivity index (χ2v) is 7.12. The summed E-state index contributed by atoms with van der Waals surface area (Å²) < 4.78 is 90.1. The minimum Gasteiger partial charge on any atom is -0.275 e. The van der Waals surface area contributed by atoms with Crippen LogP contribution in [0.25, 0.3) is 0 Å². The molecule has 2 aromatic rings. The first kappa shape index (κ1) is 18.3. The van der Waals surface area contributed by atoms with E-state index in [1.54, 1.807) is 0 Å². The number of sulfone groups is 1. The van der Waals surface area contributed by atoms with Gasteiger partial charge >= 0.3 is 6.18 Å². The fraction of sp³-hybridized carbons (Fsp3) is 0.545. The summed E-state index contributed by atoms with van der Waals surface area (Å²) in [5.74, 6) is -1.96. The minimum atomic E-state index is -4.83. The standard InChI is InChI=1S/C11H12F5N5O2S/c1-20-3-6(9(18-20)11(14,15)16)4-24(22,23)5-7-8(10(12)13)21(2)19-17-7/h3,10H,4-5H2,1-2H3. The SMILES string of the molecule is Cn1cc(CS(=O)(=O)Cc2nnn(C)c2C(F)F)c(C(F)(F)F)n1. The lowest BCUT2D eigenvalue weighted by atomic mass is 10.3. The second kappa shape index (κ2) is 6.11. The Hall–Kier alpha value is -2.05. The zero-order valence-corrected chi connectivity index (χ0v) is 13.2. The molecule has 2 heterocycles. The van der Waals surface area contributed by atoms with Crippen molar-refractivity contribution in [1.29, 1.82) is 0 Å². The lowest BCUT2D eigenvalue weighted by Gasteiger charge is -2.07. The summed E-state index contributed by atoms with van der Waals surface area (Å²) in [4.78, 5) is 0. The Morgan fingerprint density at radius 2 is 1.83 bits per heavy atom. The Balaban J connectivity index is 2.31. The predicted octanol–water partition coefficient (Wildman–Crippen LogP) is 1.62. The van der Waals surface area contributed by atoms with Crippen molar-refractivity contribution in [2.75, 3.05) is 0 Å². The molecule has 13 heteroatoms. The molecule has 134 valence electrons. The highest BCUT2D eigenvalue weighted by Crippen LogP contribution is 2.32. The van der Waals surface area contributed by atoms with Gasteiger partial charge in [0.05, 0.1) is 11.5 Å². The molecule has 0 radical (unpaired) electrons. The van der Waals surface area contributed by atoms with Crippen molar-refractivity contribution in [2.24, 2.45) is 14.1 Å². The molecule has 2 rings (SSSR count). The van der Waals surface area contributed by atoms with Crippen molar-refractivity contribution >= 4 is 9.84 Å². The van der Waals surface area contributed by atoms with Gasteiger partial charge in [0.2, 0.25) is 0 Å². The molecule has 0 saturated carbocycles. The van der Waals surface area contributed by atoms with E-state index in [0.29, 0.717) is 0 Å². The molecule has 0 aliphatic heterocycles. The van der Waals surface area contributed by atoms with E-state index >= 15 is 0 Å². The zero-order valence-electron chi connectivity index (χ0n) is 12.4. The summed E-state index contributed by atoms with van der Waals surface area (Å²) >= 11 is 0. The van der Waals surface area contributed by atoms with Gasteiger partial charge in [-0.05, 0) is 0 Å². The van der Waals surface area contributed by atoms with Gasteiger partial charge in [0, 0.05) is 25.9 Å². The first-order chi connectivity index (χ1) is 10.9. The van der Waals surface area contributed by atoms with Gasteiger partial charge in [0.1, 0.15) is 11.4 Å². The van der Waals surface area contributed by atoms with E-state index in [-0.39, 0.29) is 0 Å². The summed E-state index contributed by atoms with van der Waals surface area (Å²) in [6.07, 6.45) is -6.92. The molecule has 0 fully saturated rings. The van der Waals surface area contributed by atoms with E-state index in [2.05, 4.69) is 15.4 Å². The maximum atomic E-state index is 12.9. The van der Waals surface area contributed by atoms with Crippen LogP contribution >= 0.6 is 0 Å². The summed E-state index contributed by atoms with van der Waals surface area (Å²) in [6, 6.07) is 0. The summed E-state index contributed by atoms with van der Waals surface area (Å²) in [5, 5.41) is 9.86. The van der Waals surface area contributed by atoms with E-state index in [1.807, 2.05) is 0 Å². The van der Waals surface area contributed by atoms with Crippen LogP contribution in [-0.4, -0.2) is 33.2 Å². The molecule has 0 aliphatic rings. The van der Waals surface area contributed by atoms with Crippen LogP contribution in [0.4, 0.5) is 22.0 Å². The average molecular weight is 373 g/mol. The van der Waals surface area contributed by atoms with Crippen LogP contribution in [0.1, 0.15) is 29.1 Å². The Morgan fingerprint density at radius 1 is 1.21 bits per heavy atom. The van der Waals surface area contributed by atoms with Crippen LogP contribution in [0.5, 0.6) is 0 Å². The number of nitrogens with zero attached hydrogens (tertiary/aromatic N) is 5. The Morgan fingerprint density at radius 3 is 2.38 bits per heavy atom. The molecule has 0 atom stereocenters. The van der Waals surface area contributed by atoms with Crippen LogP contribution in [0, 0.1) is 0 Å². The molecule has 0 saturated heterocycles. The molecule has 24 heavy (non-hydrogen) atoms. The van der Waals surface area contributed by atoms with Crippen molar-refractivity contribution in [3.63, 3.8) is 0 Å². The van der Waals surface area contributed by atoms with Crippen LogP contribution in [0.2, 0.25) is 0 Å². The lowest BCUT2D eigenvalue weighted by Crippen LogP contribution is -2.14. The average Bonchev–Trinajstić information content (AvgIpc) is 2.91. The van der Waals surface area contributed by atoms with Gasteiger partial charge in [-0.1, -0.05) is 5.21 Å². The van der Waals surface area contributed by atoms with E-state index < -0.39 is 56.6 Å². The van der Waals surface area contributed by atoms with Crippen molar-refractivity contribution in [3.05, 3.63) is 28.8 Å². The third-order valence-corrected chi connectivity index (χ3v) is 4.52. The van der Waals surface area contributed by atoms with E-state index in [4.69, 9.17) is 0 Å². The van der Waals surface area contributed by atoms with Gasteiger partial charge in [-0.2, -0.15) is 18.3 Å². The summed E-state index contributed by atoms with van der Waals surface area (Å²) in [7, 11) is -1.83. The Labute approximate surface area is 133 Å². The first-order valence-electron chi connectivity index (χ1n) is 6.37. The minimum absolute atomic E-state index is 0.495. The van der Waals surface area contributed by atoms with Crippen LogP contribution in [0.15, 0.2) is 6.20 Å². The smallest absolute Gasteiger partial charge is 0.275 e. The van der Waals surface area contributed by atoms with Crippen molar-refractivity contribution in [1.82, 2.24) is 24.8 Å². The maximum absolute atomic E-state index is 12.9. The van der Waals surface area contributed by atoms with E-state index in [1.165, 1.54) is 7.05 Å². The number of aromatic nitrogens is 5. The third-order valence-electron chi connectivity index (χ3n) is 3.06. The third kappa shape index (κ3) is 3.88. The van der Waals surface area contributed by atoms with Gasteiger partial charge in [-0.15, -0.1) is 5.10 Å². The van der Waals surface area contributed by atoms with Gasteiger partial charge in [-0.25, -0.2) is 21.9 Å². The van der Waals surface area contributed by atoms with Crippen molar-refractivity contribution < 1.29 is 30.4 Å². The molecular weight excluding hydrogens is 361 g/mol. The van der Waals surface area contributed by atoms with Gasteiger partial charge < -0.3 is 0 Å². The maximum Gasteiger partial charge on any atom is 0.435 e. The predicted molar refractivity (Wildman–Crippen MR) is 70.5 cm³/mol. The molecule has 0 aliphatic carbocycles. The number of hydrogen-bond donors (Lipinski definition) is 0. The molecule has 7 nitrogen and oxygen atoms in total. The summed E-state index contributed by atoms with van der Waals surface area (Å²) in [5.41, 5.74) is -3.08. The number of alkyl halides is 5. The molecule has 0 N–H and O–H groups in total. The van der Waals surface area contributed by atoms with Crippen molar-refractivity contribution in [3.8, 4) is 0 Å². The van der Waals surface area contributed by atoms with Crippen LogP contribution in [0.3, 0.4) is 0 Å². The van der Waals surface area contributed by atoms with Crippen molar-refractivity contribution in [2.45, 2.75) is 24.1 Å². The number of aryl methyl sites for hydroxylation is 2. The Kier molecular flexibility index (Phi) is 4.65.